The molecule has 0 aromatic rings. The molecule has 0 fully saturated rings. The van der Waals surface area contributed by atoms with E-state index in [1.807, 2.05) is 13.8 Å². The van der Waals surface area contributed by atoms with Gasteiger partial charge >= 0.3 is 0 Å². The lowest BCUT2D eigenvalue weighted by atomic mass is 9.97. The molecule has 0 rings (SSSR count). The molecular formula is C11H25NO2. The van der Waals surface area contributed by atoms with Gasteiger partial charge in [0.1, 0.15) is 0 Å². The lowest BCUT2D eigenvalue weighted by Crippen LogP contribution is -2.39. The fourth-order valence-electron chi connectivity index (χ4n) is 1.36. The molecule has 86 valence electrons. The molecule has 0 aliphatic rings. The fourth-order valence-corrected chi connectivity index (χ4v) is 1.36. The molecule has 0 spiro atoms. The van der Waals surface area contributed by atoms with Crippen LogP contribution in [0.5, 0.6) is 0 Å². The summed E-state index contributed by atoms with van der Waals surface area (Å²) >= 11 is 0. The Balaban J connectivity index is 3.34. The zero-order valence-electron chi connectivity index (χ0n) is 9.55. The highest BCUT2D eigenvalue weighted by molar-refractivity contribution is 4.77. The molecular weight excluding hydrogens is 178 g/mol. The highest BCUT2D eigenvalue weighted by atomic mass is 16.3. The molecule has 0 aromatic carbocycles. The third-order valence-electron chi connectivity index (χ3n) is 2.78. The second-order valence-corrected chi connectivity index (χ2v) is 3.89. The molecule has 0 saturated heterocycles. The predicted octanol–water partition coefficient (Wildman–Crippen LogP) is 1.29. The standard InChI is InChI=1S/C11H25NO2/c1-3-11(14,4-2)10-12-8-6-5-7-9-13/h12-14H,3-10H2,1-2H3. The summed E-state index contributed by atoms with van der Waals surface area (Å²) in [4.78, 5) is 0. The van der Waals surface area contributed by atoms with Crippen LogP contribution in [0.3, 0.4) is 0 Å². The zero-order chi connectivity index (χ0) is 10.9. The molecule has 0 heterocycles. The van der Waals surface area contributed by atoms with Crippen molar-refractivity contribution in [3.8, 4) is 0 Å². The van der Waals surface area contributed by atoms with Gasteiger partial charge in [-0.2, -0.15) is 0 Å². The van der Waals surface area contributed by atoms with E-state index in [4.69, 9.17) is 5.11 Å². The number of aliphatic hydroxyl groups excluding tert-OH is 1. The van der Waals surface area contributed by atoms with Gasteiger partial charge in [-0.3, -0.25) is 0 Å². The zero-order valence-corrected chi connectivity index (χ0v) is 9.55. The van der Waals surface area contributed by atoms with Crippen LogP contribution in [0.4, 0.5) is 0 Å². The first-order chi connectivity index (χ1) is 6.68. The van der Waals surface area contributed by atoms with Crippen LogP contribution in [-0.2, 0) is 0 Å². The largest absolute Gasteiger partial charge is 0.396 e. The average Bonchev–Trinajstić information content (AvgIpc) is 2.23. The van der Waals surface area contributed by atoms with Crippen molar-refractivity contribution in [2.24, 2.45) is 0 Å². The lowest BCUT2D eigenvalue weighted by Gasteiger charge is -2.25. The van der Waals surface area contributed by atoms with Crippen LogP contribution in [0.2, 0.25) is 0 Å². The van der Waals surface area contributed by atoms with Crippen molar-refractivity contribution >= 4 is 0 Å². The first kappa shape index (κ1) is 13.9. The van der Waals surface area contributed by atoms with Crippen molar-refractivity contribution in [2.45, 2.75) is 51.6 Å². The number of unbranched alkanes of at least 4 members (excludes halogenated alkanes) is 2. The maximum absolute atomic E-state index is 9.93. The summed E-state index contributed by atoms with van der Waals surface area (Å²) in [6, 6.07) is 0. The second-order valence-electron chi connectivity index (χ2n) is 3.89. The lowest BCUT2D eigenvalue weighted by molar-refractivity contribution is 0.0326. The fraction of sp³-hybridized carbons (Fsp3) is 1.00. The van der Waals surface area contributed by atoms with E-state index >= 15 is 0 Å². The highest BCUT2D eigenvalue weighted by Crippen LogP contribution is 2.12. The van der Waals surface area contributed by atoms with E-state index in [1.54, 1.807) is 0 Å². The van der Waals surface area contributed by atoms with Gasteiger partial charge in [-0.15, -0.1) is 0 Å². The van der Waals surface area contributed by atoms with Gasteiger partial charge in [0.15, 0.2) is 0 Å². The smallest absolute Gasteiger partial charge is 0.0766 e. The van der Waals surface area contributed by atoms with Gasteiger partial charge in [0.2, 0.25) is 0 Å². The Hall–Kier alpha value is -0.120. The Labute approximate surface area is 87.5 Å². The minimum atomic E-state index is -0.531. The first-order valence-electron chi connectivity index (χ1n) is 5.72. The van der Waals surface area contributed by atoms with Crippen LogP contribution in [0.1, 0.15) is 46.0 Å². The monoisotopic (exact) mass is 203 g/mol. The Morgan fingerprint density at radius 1 is 1.07 bits per heavy atom. The van der Waals surface area contributed by atoms with Crippen molar-refractivity contribution in [2.75, 3.05) is 19.7 Å². The van der Waals surface area contributed by atoms with E-state index in [1.165, 1.54) is 0 Å². The van der Waals surface area contributed by atoms with Crippen LogP contribution in [0, 0.1) is 0 Å². The summed E-state index contributed by atoms with van der Waals surface area (Å²) in [5.41, 5.74) is -0.531. The number of hydrogen-bond donors (Lipinski definition) is 3. The molecule has 3 nitrogen and oxygen atoms in total. The molecule has 0 amide bonds. The summed E-state index contributed by atoms with van der Waals surface area (Å²) < 4.78 is 0. The third-order valence-corrected chi connectivity index (χ3v) is 2.78. The van der Waals surface area contributed by atoms with Crippen molar-refractivity contribution in [1.82, 2.24) is 5.32 Å². The minimum Gasteiger partial charge on any atom is -0.396 e. The van der Waals surface area contributed by atoms with Gasteiger partial charge in [0.25, 0.3) is 0 Å². The molecule has 0 radical (unpaired) electrons. The topological polar surface area (TPSA) is 52.5 Å². The van der Waals surface area contributed by atoms with Crippen LogP contribution in [0.15, 0.2) is 0 Å². The predicted molar refractivity (Wildman–Crippen MR) is 59.3 cm³/mol. The molecule has 0 unspecified atom stereocenters. The maximum atomic E-state index is 9.93. The van der Waals surface area contributed by atoms with Gasteiger partial charge in [-0.05, 0) is 38.6 Å². The number of hydrogen-bond acceptors (Lipinski definition) is 3. The molecule has 0 aliphatic heterocycles. The minimum absolute atomic E-state index is 0.286. The normalized spacial score (nSPS) is 12.0. The van der Waals surface area contributed by atoms with E-state index in [2.05, 4.69) is 5.32 Å². The Morgan fingerprint density at radius 2 is 1.71 bits per heavy atom. The van der Waals surface area contributed by atoms with Crippen molar-refractivity contribution in [1.29, 1.82) is 0 Å². The molecule has 0 saturated carbocycles. The molecule has 0 bridgehead atoms. The number of aliphatic hydroxyl groups is 2. The SMILES string of the molecule is CCC(O)(CC)CNCCCCCO. The van der Waals surface area contributed by atoms with Crippen molar-refractivity contribution in [3.63, 3.8) is 0 Å². The van der Waals surface area contributed by atoms with E-state index in [-0.39, 0.29) is 6.61 Å². The maximum Gasteiger partial charge on any atom is 0.0766 e. The Morgan fingerprint density at radius 3 is 2.21 bits per heavy atom. The summed E-state index contributed by atoms with van der Waals surface area (Å²) in [5.74, 6) is 0. The molecule has 0 atom stereocenters. The van der Waals surface area contributed by atoms with E-state index in [0.717, 1.165) is 38.6 Å². The van der Waals surface area contributed by atoms with Gasteiger partial charge < -0.3 is 15.5 Å². The van der Waals surface area contributed by atoms with E-state index < -0.39 is 5.60 Å². The van der Waals surface area contributed by atoms with Gasteiger partial charge in [0, 0.05) is 13.2 Å². The molecule has 0 aliphatic carbocycles. The van der Waals surface area contributed by atoms with Crippen LogP contribution in [0.25, 0.3) is 0 Å². The summed E-state index contributed by atoms with van der Waals surface area (Å²) in [6.07, 6.45) is 4.61. The van der Waals surface area contributed by atoms with Gasteiger partial charge in [-0.25, -0.2) is 0 Å². The van der Waals surface area contributed by atoms with E-state index in [0.29, 0.717) is 6.54 Å². The molecule has 3 N–H and O–H groups in total. The Bertz CT molecular complexity index is 124. The highest BCUT2D eigenvalue weighted by Gasteiger charge is 2.20. The van der Waals surface area contributed by atoms with Crippen LogP contribution in [-0.4, -0.2) is 35.5 Å². The van der Waals surface area contributed by atoms with Crippen LogP contribution >= 0.6 is 0 Å². The van der Waals surface area contributed by atoms with Gasteiger partial charge in [0.05, 0.1) is 5.60 Å². The third kappa shape index (κ3) is 6.35. The van der Waals surface area contributed by atoms with Crippen molar-refractivity contribution in [3.05, 3.63) is 0 Å². The number of rotatable bonds is 9. The second kappa shape index (κ2) is 8.21. The van der Waals surface area contributed by atoms with E-state index in [9.17, 15) is 5.11 Å². The summed E-state index contributed by atoms with van der Waals surface area (Å²) in [5, 5.41) is 21.8. The van der Waals surface area contributed by atoms with Crippen LogP contribution < -0.4 is 5.32 Å². The van der Waals surface area contributed by atoms with Gasteiger partial charge in [-0.1, -0.05) is 13.8 Å². The number of nitrogens with one attached hydrogen (secondary N) is 1. The summed E-state index contributed by atoms with van der Waals surface area (Å²) in [7, 11) is 0. The first-order valence-corrected chi connectivity index (χ1v) is 5.72. The quantitative estimate of drug-likeness (QED) is 0.495. The molecule has 3 heteroatoms. The average molecular weight is 203 g/mol. The Kier molecular flexibility index (Phi) is 8.14. The summed E-state index contributed by atoms with van der Waals surface area (Å²) in [6.45, 7) is 5.92. The molecule has 14 heavy (non-hydrogen) atoms. The molecule has 0 aromatic heterocycles. The van der Waals surface area contributed by atoms with Crippen molar-refractivity contribution < 1.29 is 10.2 Å².